The van der Waals surface area contributed by atoms with Gasteiger partial charge in [0.05, 0.1) is 6.26 Å². The molecule has 33 heavy (non-hydrogen) atoms. The number of ether oxygens (including phenoxy) is 1. The SMILES string of the molecule is NC(=O)OCC1=C(C(=O)O)N2C(=O)[C@@H](NC(=O)C(=NOCC(=O)NO)c3ccco3)[C@H]2SC1. The summed E-state index contributed by atoms with van der Waals surface area (Å²) in [4.78, 5) is 64.8. The van der Waals surface area contributed by atoms with Crippen molar-refractivity contribution in [3.8, 4) is 0 Å². The van der Waals surface area contributed by atoms with Crippen LogP contribution in [-0.2, 0) is 28.8 Å². The fourth-order valence-corrected chi connectivity index (χ4v) is 4.29. The van der Waals surface area contributed by atoms with E-state index in [9.17, 15) is 29.1 Å². The van der Waals surface area contributed by atoms with Gasteiger partial charge in [-0.25, -0.2) is 15.1 Å². The van der Waals surface area contributed by atoms with Crippen LogP contribution in [0.5, 0.6) is 0 Å². The minimum Gasteiger partial charge on any atom is -0.477 e. The molecule has 1 aromatic heterocycles. The van der Waals surface area contributed by atoms with E-state index < -0.39 is 60.1 Å². The Hall–Kier alpha value is -4.05. The van der Waals surface area contributed by atoms with Gasteiger partial charge in [0, 0.05) is 11.3 Å². The summed E-state index contributed by atoms with van der Waals surface area (Å²) in [6.45, 7) is -1.10. The van der Waals surface area contributed by atoms with Crippen LogP contribution < -0.4 is 16.5 Å². The van der Waals surface area contributed by atoms with Gasteiger partial charge in [-0.1, -0.05) is 5.16 Å². The summed E-state index contributed by atoms with van der Waals surface area (Å²) in [6.07, 6.45) is 0.161. The number of hydrogen-bond acceptors (Lipinski definition) is 11. The van der Waals surface area contributed by atoms with Gasteiger partial charge in [-0.05, 0) is 12.1 Å². The number of carboxylic acids is 1. The van der Waals surface area contributed by atoms with Gasteiger partial charge in [0.25, 0.3) is 17.7 Å². The quantitative estimate of drug-likeness (QED) is 0.116. The van der Waals surface area contributed by atoms with E-state index in [0.717, 1.165) is 16.7 Å². The Morgan fingerprint density at radius 3 is 2.73 bits per heavy atom. The van der Waals surface area contributed by atoms with Gasteiger partial charge < -0.3 is 30.1 Å². The normalized spacial score (nSPS) is 19.8. The average Bonchev–Trinajstić information content (AvgIpc) is 3.32. The molecule has 176 valence electrons. The summed E-state index contributed by atoms with van der Waals surface area (Å²) >= 11 is 1.14. The van der Waals surface area contributed by atoms with Gasteiger partial charge in [-0.3, -0.25) is 24.5 Å². The molecule has 15 nitrogen and oxygen atoms in total. The van der Waals surface area contributed by atoms with Crippen molar-refractivity contribution in [2.75, 3.05) is 19.0 Å². The first-order chi connectivity index (χ1) is 15.7. The second-order valence-electron chi connectivity index (χ2n) is 6.45. The number of carbonyl (C=O) groups is 5. The second-order valence-corrected chi connectivity index (χ2v) is 7.56. The fourth-order valence-electron chi connectivity index (χ4n) is 2.96. The van der Waals surface area contributed by atoms with Crippen LogP contribution in [0, 0.1) is 0 Å². The van der Waals surface area contributed by atoms with Crippen LogP contribution in [0.4, 0.5) is 4.79 Å². The van der Waals surface area contributed by atoms with Crippen molar-refractivity contribution in [2.24, 2.45) is 10.9 Å². The van der Waals surface area contributed by atoms with Crippen LogP contribution in [0.3, 0.4) is 0 Å². The molecule has 0 radical (unpaired) electrons. The highest BCUT2D eigenvalue weighted by Crippen LogP contribution is 2.40. The summed E-state index contributed by atoms with van der Waals surface area (Å²) in [6, 6.07) is 1.75. The number of amides is 4. The summed E-state index contributed by atoms with van der Waals surface area (Å²) in [5.41, 5.74) is 5.66. The van der Waals surface area contributed by atoms with Crippen LogP contribution in [0.2, 0.25) is 0 Å². The third-order valence-corrected chi connectivity index (χ3v) is 5.71. The van der Waals surface area contributed by atoms with Gasteiger partial charge in [-0.2, -0.15) is 0 Å². The maximum absolute atomic E-state index is 12.8. The van der Waals surface area contributed by atoms with Crippen molar-refractivity contribution in [1.82, 2.24) is 15.7 Å². The van der Waals surface area contributed by atoms with E-state index in [4.69, 9.17) is 20.2 Å². The Balaban J connectivity index is 1.75. The first-order valence-electron chi connectivity index (χ1n) is 9.04. The zero-order chi connectivity index (χ0) is 24.1. The number of nitrogens with zero attached hydrogens (tertiary/aromatic N) is 2. The molecule has 0 saturated carbocycles. The molecule has 0 aromatic carbocycles. The average molecular weight is 483 g/mol. The highest BCUT2D eigenvalue weighted by atomic mass is 32.2. The zero-order valence-electron chi connectivity index (χ0n) is 16.5. The number of aliphatic carboxylic acids is 1. The third-order valence-electron chi connectivity index (χ3n) is 4.37. The molecule has 1 saturated heterocycles. The number of carbonyl (C=O) groups excluding carboxylic acids is 4. The minimum absolute atomic E-state index is 0.0335. The molecule has 1 fully saturated rings. The molecule has 4 amide bonds. The largest absolute Gasteiger partial charge is 0.477 e. The Bertz CT molecular complexity index is 1040. The second kappa shape index (κ2) is 10.0. The molecule has 1 aromatic rings. The number of hydrogen-bond donors (Lipinski definition) is 5. The van der Waals surface area contributed by atoms with Crippen LogP contribution in [0.15, 0.2) is 39.2 Å². The number of rotatable bonds is 9. The lowest BCUT2D eigenvalue weighted by atomic mass is 10.0. The van der Waals surface area contributed by atoms with E-state index >= 15 is 0 Å². The lowest BCUT2D eigenvalue weighted by molar-refractivity contribution is -0.150. The first-order valence-corrected chi connectivity index (χ1v) is 10.1. The predicted octanol–water partition coefficient (Wildman–Crippen LogP) is -1.66. The van der Waals surface area contributed by atoms with Crippen LogP contribution >= 0.6 is 11.8 Å². The molecule has 3 rings (SSSR count). The van der Waals surface area contributed by atoms with Crippen molar-refractivity contribution >= 4 is 47.3 Å². The number of primary amides is 1. The molecule has 2 aliphatic rings. The third kappa shape index (κ3) is 5.07. The fraction of sp³-hybridized carbons (Fsp3) is 0.294. The number of nitrogens with one attached hydrogen (secondary N) is 2. The van der Waals surface area contributed by atoms with Gasteiger partial charge >= 0.3 is 12.1 Å². The van der Waals surface area contributed by atoms with Crippen molar-refractivity contribution < 1.29 is 48.3 Å². The number of nitrogens with two attached hydrogens (primary N) is 1. The number of carboxylic acid groups (broad SMARTS) is 1. The molecule has 3 heterocycles. The Morgan fingerprint density at radius 2 is 2.12 bits per heavy atom. The summed E-state index contributed by atoms with van der Waals surface area (Å²) in [7, 11) is 0. The predicted molar refractivity (Wildman–Crippen MR) is 106 cm³/mol. The molecule has 2 aliphatic heterocycles. The Kier molecular flexibility index (Phi) is 7.19. The van der Waals surface area contributed by atoms with E-state index in [0.29, 0.717) is 0 Å². The Labute approximate surface area is 188 Å². The molecular weight excluding hydrogens is 466 g/mol. The highest BCUT2D eigenvalue weighted by molar-refractivity contribution is 8.00. The maximum atomic E-state index is 12.8. The smallest absolute Gasteiger partial charge is 0.404 e. The number of furan rings is 1. The van der Waals surface area contributed by atoms with Crippen LogP contribution in [-0.4, -0.2) is 81.1 Å². The minimum atomic E-state index is -1.41. The van der Waals surface area contributed by atoms with E-state index in [-0.39, 0.29) is 22.8 Å². The highest BCUT2D eigenvalue weighted by Gasteiger charge is 2.54. The number of fused-ring (bicyclic) bond motifs is 1. The molecule has 16 heteroatoms. The van der Waals surface area contributed by atoms with Crippen molar-refractivity contribution in [1.29, 1.82) is 0 Å². The van der Waals surface area contributed by atoms with E-state index in [1.165, 1.54) is 23.9 Å². The number of thioether (sulfide) groups is 1. The molecule has 0 aliphatic carbocycles. The Morgan fingerprint density at radius 1 is 1.36 bits per heavy atom. The maximum Gasteiger partial charge on any atom is 0.404 e. The van der Waals surface area contributed by atoms with Crippen molar-refractivity contribution in [3.05, 3.63) is 35.4 Å². The van der Waals surface area contributed by atoms with Gasteiger partial charge in [0.1, 0.15) is 23.7 Å². The molecule has 0 unspecified atom stereocenters. The van der Waals surface area contributed by atoms with Crippen LogP contribution in [0.25, 0.3) is 0 Å². The molecule has 0 bridgehead atoms. The number of hydroxylamine groups is 1. The van der Waals surface area contributed by atoms with Crippen molar-refractivity contribution in [2.45, 2.75) is 11.4 Å². The number of oxime groups is 1. The van der Waals surface area contributed by atoms with E-state index in [1.54, 1.807) is 0 Å². The molecule has 0 spiro atoms. The lowest BCUT2D eigenvalue weighted by Gasteiger charge is -2.49. The molecule has 6 N–H and O–H groups in total. The standard InChI is InChI=1S/C17H17N5O10S/c18-17(28)31-4-7-6-33-15-11(14(25)22(15)12(7)16(26)27)19-13(24)10(8-2-1-3-30-8)21-32-5-9(23)20-29/h1-3,11,15,29H,4-6H2,(H2,18,28)(H,19,24)(H,20,23)(H,26,27)/t11-,15-/m1/s1. The summed E-state index contributed by atoms with van der Waals surface area (Å²) in [5, 5.41) is 23.2. The zero-order valence-corrected chi connectivity index (χ0v) is 17.4. The topological polar surface area (TPSA) is 223 Å². The molecule has 2 atom stereocenters. The molecular formula is C17H17N5O10S. The lowest BCUT2D eigenvalue weighted by Crippen LogP contribution is -2.71. The van der Waals surface area contributed by atoms with Gasteiger partial charge in [-0.15, -0.1) is 11.8 Å². The summed E-state index contributed by atoms with van der Waals surface area (Å²) in [5.74, 6) is -3.87. The number of β-lactam (4-membered cyclic amide) rings is 1. The van der Waals surface area contributed by atoms with E-state index in [1.807, 2.05) is 0 Å². The van der Waals surface area contributed by atoms with E-state index in [2.05, 4.69) is 15.2 Å². The summed E-state index contributed by atoms with van der Waals surface area (Å²) < 4.78 is 9.76. The first kappa shape index (κ1) is 23.6. The van der Waals surface area contributed by atoms with Gasteiger partial charge in [0.2, 0.25) is 5.71 Å². The van der Waals surface area contributed by atoms with Gasteiger partial charge in [0.15, 0.2) is 12.4 Å². The van der Waals surface area contributed by atoms with Crippen LogP contribution in [0.1, 0.15) is 5.76 Å². The van der Waals surface area contributed by atoms with Crippen molar-refractivity contribution in [3.63, 3.8) is 0 Å². The monoisotopic (exact) mass is 483 g/mol.